The minimum atomic E-state index is 0.0116. The highest BCUT2D eigenvalue weighted by molar-refractivity contribution is 5.75. The predicted molar refractivity (Wildman–Crippen MR) is 136 cm³/mol. The molecule has 0 saturated carbocycles. The molecular formula is C28H45NO2. The van der Waals surface area contributed by atoms with Crippen molar-refractivity contribution < 1.29 is 9.90 Å². The minimum absolute atomic E-state index is 0.0116. The van der Waals surface area contributed by atoms with E-state index >= 15 is 0 Å². The first-order valence-corrected chi connectivity index (χ1v) is 12.1. The number of nitrogens with one attached hydrogen (secondary N) is 1. The molecule has 0 saturated heterocycles. The number of amides is 1. The molecule has 0 bridgehead atoms. The summed E-state index contributed by atoms with van der Waals surface area (Å²) in [5.41, 5.74) is 0. The molecule has 0 aromatic heterocycles. The molecule has 0 radical (unpaired) electrons. The number of aliphatic hydroxyl groups is 1. The summed E-state index contributed by atoms with van der Waals surface area (Å²) in [6, 6.07) is 0. The predicted octanol–water partition coefficient (Wildman–Crippen LogP) is 7.13. The van der Waals surface area contributed by atoms with E-state index in [2.05, 4.69) is 85.2 Å². The first-order valence-electron chi connectivity index (χ1n) is 12.1. The van der Waals surface area contributed by atoms with E-state index in [9.17, 15) is 4.79 Å². The van der Waals surface area contributed by atoms with E-state index in [0.717, 1.165) is 57.8 Å². The van der Waals surface area contributed by atoms with Crippen LogP contribution in [0, 0.1) is 0 Å². The summed E-state index contributed by atoms with van der Waals surface area (Å²) in [5.74, 6) is 0.0472. The molecular weight excluding hydrogens is 382 g/mol. The molecule has 174 valence electrons. The molecule has 0 spiro atoms. The van der Waals surface area contributed by atoms with Gasteiger partial charge in [-0.25, -0.2) is 0 Å². The maximum Gasteiger partial charge on any atom is 0.220 e. The van der Waals surface area contributed by atoms with Crippen molar-refractivity contribution in [2.45, 2.75) is 84.0 Å². The summed E-state index contributed by atoms with van der Waals surface area (Å²) in [5, 5.41) is 11.3. The Morgan fingerprint density at radius 1 is 0.645 bits per heavy atom. The molecule has 0 aromatic carbocycles. The third kappa shape index (κ3) is 25.8. The van der Waals surface area contributed by atoms with Crippen LogP contribution in [0.1, 0.15) is 84.0 Å². The van der Waals surface area contributed by atoms with Crippen LogP contribution in [0.15, 0.2) is 72.9 Å². The van der Waals surface area contributed by atoms with Crippen molar-refractivity contribution in [3.05, 3.63) is 72.9 Å². The van der Waals surface area contributed by atoms with E-state index in [0.29, 0.717) is 13.0 Å². The van der Waals surface area contributed by atoms with Crippen LogP contribution in [0.5, 0.6) is 0 Å². The van der Waals surface area contributed by atoms with Gasteiger partial charge in [0.25, 0.3) is 0 Å². The van der Waals surface area contributed by atoms with Crippen molar-refractivity contribution >= 4 is 5.91 Å². The first kappa shape index (κ1) is 28.9. The second-order valence-corrected chi connectivity index (χ2v) is 7.44. The Balaban J connectivity index is 3.46. The summed E-state index contributed by atoms with van der Waals surface area (Å²) in [7, 11) is 0. The molecule has 0 aromatic rings. The lowest BCUT2D eigenvalue weighted by molar-refractivity contribution is -0.121. The summed E-state index contributed by atoms with van der Waals surface area (Å²) in [6.45, 7) is 2.53. The van der Waals surface area contributed by atoms with Gasteiger partial charge in [-0.15, -0.1) is 0 Å². The number of carbonyl (C=O) groups is 1. The van der Waals surface area contributed by atoms with Crippen LogP contribution >= 0.6 is 0 Å². The smallest absolute Gasteiger partial charge is 0.220 e. The SMILES string of the molecule is CC/C=C\C/C=C\C/C=C\C/C=C\C/C=C\C/C=C\CCCCCCC(=O)NCCO. The Kier molecular flexibility index (Phi) is 24.1. The van der Waals surface area contributed by atoms with Gasteiger partial charge in [-0.05, 0) is 57.8 Å². The largest absolute Gasteiger partial charge is 0.395 e. The molecule has 0 atom stereocenters. The summed E-state index contributed by atoms with van der Waals surface area (Å²) in [4.78, 5) is 11.4. The number of allylic oxidation sites excluding steroid dienone is 12. The molecule has 0 fully saturated rings. The number of unbranched alkanes of at least 4 members (excludes halogenated alkanes) is 4. The van der Waals surface area contributed by atoms with Gasteiger partial charge in [-0.2, -0.15) is 0 Å². The van der Waals surface area contributed by atoms with Gasteiger partial charge in [0.2, 0.25) is 5.91 Å². The van der Waals surface area contributed by atoms with E-state index < -0.39 is 0 Å². The van der Waals surface area contributed by atoms with Crippen molar-refractivity contribution in [1.82, 2.24) is 5.32 Å². The highest BCUT2D eigenvalue weighted by Crippen LogP contribution is 2.06. The van der Waals surface area contributed by atoms with Crippen LogP contribution in [0.2, 0.25) is 0 Å². The van der Waals surface area contributed by atoms with Crippen molar-refractivity contribution in [3.63, 3.8) is 0 Å². The van der Waals surface area contributed by atoms with Crippen LogP contribution in [-0.2, 0) is 4.79 Å². The lowest BCUT2D eigenvalue weighted by atomic mass is 10.1. The highest BCUT2D eigenvalue weighted by Gasteiger charge is 1.99. The standard InChI is InChI=1S/C28H45NO2/c1-2-3-4-5-6-7-8-9-10-11-12-13-14-15-16-17-18-19-20-21-22-23-24-25-28(31)29-26-27-30/h3-4,6-7,9-10,12-13,15-16,18-19,30H,2,5,8,11,14,17,20-27H2,1H3,(H,29,31)/b4-3-,7-6-,10-9-,13-12-,16-15-,19-18-. The Labute approximate surface area is 191 Å². The molecule has 0 rings (SSSR count). The average Bonchev–Trinajstić information content (AvgIpc) is 2.78. The Morgan fingerprint density at radius 2 is 1.10 bits per heavy atom. The van der Waals surface area contributed by atoms with Crippen molar-refractivity contribution in [2.24, 2.45) is 0 Å². The molecule has 0 aliphatic heterocycles. The molecule has 3 nitrogen and oxygen atoms in total. The van der Waals surface area contributed by atoms with E-state index in [1.165, 1.54) is 12.8 Å². The van der Waals surface area contributed by atoms with E-state index in [-0.39, 0.29) is 12.5 Å². The van der Waals surface area contributed by atoms with E-state index in [4.69, 9.17) is 5.11 Å². The molecule has 31 heavy (non-hydrogen) atoms. The third-order valence-corrected chi connectivity index (χ3v) is 4.56. The van der Waals surface area contributed by atoms with Gasteiger partial charge in [0.1, 0.15) is 0 Å². The summed E-state index contributed by atoms with van der Waals surface area (Å²) in [6.07, 6.45) is 38.9. The quantitative estimate of drug-likeness (QED) is 0.160. The maximum atomic E-state index is 11.4. The summed E-state index contributed by atoms with van der Waals surface area (Å²) >= 11 is 0. The fourth-order valence-corrected chi connectivity index (χ4v) is 2.82. The van der Waals surface area contributed by atoms with Crippen molar-refractivity contribution in [2.75, 3.05) is 13.2 Å². The molecule has 2 N–H and O–H groups in total. The van der Waals surface area contributed by atoms with Crippen LogP contribution in [-0.4, -0.2) is 24.2 Å². The monoisotopic (exact) mass is 427 g/mol. The normalized spacial score (nSPS) is 12.7. The lowest BCUT2D eigenvalue weighted by Crippen LogP contribution is -2.25. The zero-order valence-corrected chi connectivity index (χ0v) is 19.7. The second kappa shape index (κ2) is 25.9. The second-order valence-electron chi connectivity index (χ2n) is 7.44. The van der Waals surface area contributed by atoms with Gasteiger partial charge in [-0.3, -0.25) is 4.79 Å². The zero-order valence-electron chi connectivity index (χ0n) is 19.7. The molecule has 0 aliphatic carbocycles. The Hall–Kier alpha value is -2.13. The van der Waals surface area contributed by atoms with Gasteiger partial charge in [0.15, 0.2) is 0 Å². The van der Waals surface area contributed by atoms with Crippen LogP contribution in [0.4, 0.5) is 0 Å². The number of hydrogen-bond donors (Lipinski definition) is 2. The van der Waals surface area contributed by atoms with Crippen LogP contribution in [0.25, 0.3) is 0 Å². The Bertz CT molecular complexity index is 568. The van der Waals surface area contributed by atoms with Crippen LogP contribution < -0.4 is 5.32 Å². The molecule has 0 heterocycles. The minimum Gasteiger partial charge on any atom is -0.395 e. The number of carbonyl (C=O) groups excluding carboxylic acids is 1. The van der Waals surface area contributed by atoms with Gasteiger partial charge < -0.3 is 10.4 Å². The van der Waals surface area contributed by atoms with Gasteiger partial charge >= 0.3 is 0 Å². The fraction of sp³-hybridized carbons (Fsp3) is 0.536. The highest BCUT2D eigenvalue weighted by atomic mass is 16.3. The van der Waals surface area contributed by atoms with E-state index in [1.54, 1.807) is 0 Å². The fourth-order valence-electron chi connectivity index (χ4n) is 2.82. The van der Waals surface area contributed by atoms with Gasteiger partial charge in [-0.1, -0.05) is 92.7 Å². The average molecular weight is 428 g/mol. The van der Waals surface area contributed by atoms with Crippen LogP contribution in [0.3, 0.4) is 0 Å². The number of aliphatic hydroxyl groups excluding tert-OH is 1. The van der Waals surface area contributed by atoms with Gasteiger partial charge in [0, 0.05) is 13.0 Å². The maximum absolute atomic E-state index is 11.4. The Morgan fingerprint density at radius 3 is 1.58 bits per heavy atom. The molecule has 0 aliphatic rings. The van der Waals surface area contributed by atoms with Gasteiger partial charge in [0.05, 0.1) is 6.61 Å². The molecule has 3 heteroatoms. The summed E-state index contributed by atoms with van der Waals surface area (Å²) < 4.78 is 0. The molecule has 1 amide bonds. The number of hydrogen-bond acceptors (Lipinski definition) is 2. The zero-order chi connectivity index (χ0) is 22.7. The number of rotatable bonds is 20. The third-order valence-electron chi connectivity index (χ3n) is 4.56. The topological polar surface area (TPSA) is 49.3 Å². The first-order chi connectivity index (χ1) is 15.3. The lowest BCUT2D eigenvalue weighted by Gasteiger charge is -2.02. The molecule has 0 unspecified atom stereocenters. The van der Waals surface area contributed by atoms with Crippen molar-refractivity contribution in [1.29, 1.82) is 0 Å². The van der Waals surface area contributed by atoms with E-state index in [1.807, 2.05) is 0 Å². The van der Waals surface area contributed by atoms with Crippen molar-refractivity contribution in [3.8, 4) is 0 Å².